The number of benzene rings is 1. The van der Waals surface area contributed by atoms with Crippen LogP contribution in [0.15, 0.2) is 52.5 Å². The fraction of sp³-hybridized carbons (Fsp3) is 0.278. The van der Waals surface area contributed by atoms with Gasteiger partial charge in [0.05, 0.1) is 10.6 Å². The van der Waals surface area contributed by atoms with Crippen molar-refractivity contribution in [3.8, 4) is 0 Å². The molecule has 0 saturated carbocycles. The number of carbonyl (C=O) groups excluding carboxylic acids is 2. The SMILES string of the molecule is O=C(OCC(=O)N1CCCC1)c1cccnc1Sc1ccccc1Cl. The van der Waals surface area contributed by atoms with Gasteiger partial charge in [0, 0.05) is 24.2 Å². The molecule has 1 aromatic heterocycles. The largest absolute Gasteiger partial charge is 0.452 e. The normalized spacial score (nSPS) is 13.7. The minimum absolute atomic E-state index is 0.157. The first-order valence-electron chi connectivity index (χ1n) is 7.97. The molecule has 1 fully saturated rings. The summed E-state index contributed by atoms with van der Waals surface area (Å²) < 4.78 is 5.19. The smallest absolute Gasteiger partial charge is 0.341 e. The van der Waals surface area contributed by atoms with Crippen LogP contribution < -0.4 is 0 Å². The zero-order valence-corrected chi connectivity index (χ0v) is 15.1. The van der Waals surface area contributed by atoms with Crippen LogP contribution in [-0.4, -0.2) is 41.5 Å². The fourth-order valence-corrected chi connectivity index (χ4v) is 3.67. The van der Waals surface area contributed by atoms with Crippen LogP contribution in [0.2, 0.25) is 5.02 Å². The first-order chi connectivity index (χ1) is 12.1. The van der Waals surface area contributed by atoms with E-state index in [9.17, 15) is 9.59 Å². The first-order valence-corrected chi connectivity index (χ1v) is 9.17. The van der Waals surface area contributed by atoms with Crippen LogP contribution >= 0.6 is 23.4 Å². The Morgan fingerprint density at radius 3 is 2.68 bits per heavy atom. The van der Waals surface area contributed by atoms with Gasteiger partial charge in [-0.2, -0.15) is 0 Å². The Morgan fingerprint density at radius 1 is 1.16 bits per heavy atom. The molecule has 0 atom stereocenters. The van der Waals surface area contributed by atoms with Crippen LogP contribution in [0.3, 0.4) is 0 Å². The zero-order valence-electron chi connectivity index (χ0n) is 13.5. The number of aromatic nitrogens is 1. The molecule has 7 heteroatoms. The van der Waals surface area contributed by atoms with Crippen LogP contribution in [0.25, 0.3) is 0 Å². The molecule has 5 nitrogen and oxygen atoms in total. The van der Waals surface area contributed by atoms with Crippen molar-refractivity contribution in [3.63, 3.8) is 0 Å². The highest BCUT2D eigenvalue weighted by Gasteiger charge is 2.21. The minimum atomic E-state index is -0.560. The van der Waals surface area contributed by atoms with E-state index in [0.29, 0.717) is 15.6 Å². The summed E-state index contributed by atoms with van der Waals surface area (Å²) >= 11 is 7.46. The standard InChI is InChI=1S/C18H17ClN2O3S/c19-14-7-1-2-8-15(14)25-17-13(6-5-9-20-17)18(23)24-12-16(22)21-10-3-4-11-21/h1-2,5-9H,3-4,10-12H2. The molecule has 1 aliphatic rings. The summed E-state index contributed by atoms with van der Waals surface area (Å²) in [4.78, 5) is 31.2. The van der Waals surface area contributed by atoms with Gasteiger partial charge in [-0.25, -0.2) is 9.78 Å². The van der Waals surface area contributed by atoms with Crippen molar-refractivity contribution in [3.05, 3.63) is 53.2 Å². The number of pyridine rings is 1. The number of carbonyl (C=O) groups is 2. The van der Waals surface area contributed by atoms with Gasteiger partial charge in [-0.05, 0) is 37.1 Å². The molecule has 0 radical (unpaired) electrons. The van der Waals surface area contributed by atoms with Crippen molar-refractivity contribution in [2.45, 2.75) is 22.8 Å². The van der Waals surface area contributed by atoms with E-state index in [0.717, 1.165) is 30.8 Å². The van der Waals surface area contributed by atoms with Crippen LogP contribution in [-0.2, 0) is 9.53 Å². The Morgan fingerprint density at radius 2 is 1.92 bits per heavy atom. The molecule has 0 bridgehead atoms. The maximum absolute atomic E-state index is 12.4. The lowest BCUT2D eigenvalue weighted by atomic mass is 10.3. The molecular formula is C18H17ClN2O3S. The van der Waals surface area contributed by atoms with Crippen molar-refractivity contribution in [1.82, 2.24) is 9.88 Å². The van der Waals surface area contributed by atoms with E-state index in [4.69, 9.17) is 16.3 Å². The molecule has 1 amide bonds. The quantitative estimate of drug-likeness (QED) is 0.745. The highest BCUT2D eigenvalue weighted by molar-refractivity contribution is 7.99. The number of hydrogen-bond acceptors (Lipinski definition) is 5. The molecule has 0 unspecified atom stereocenters. The molecule has 0 N–H and O–H groups in total. The van der Waals surface area contributed by atoms with Crippen LogP contribution in [0.1, 0.15) is 23.2 Å². The lowest BCUT2D eigenvalue weighted by Crippen LogP contribution is -2.32. The summed E-state index contributed by atoms with van der Waals surface area (Å²) in [6.07, 6.45) is 3.60. The van der Waals surface area contributed by atoms with Crippen molar-refractivity contribution >= 4 is 35.2 Å². The van der Waals surface area contributed by atoms with Gasteiger partial charge in [-0.1, -0.05) is 35.5 Å². The van der Waals surface area contributed by atoms with E-state index >= 15 is 0 Å². The van der Waals surface area contributed by atoms with E-state index in [2.05, 4.69) is 4.98 Å². The minimum Gasteiger partial charge on any atom is -0.452 e. The fourth-order valence-electron chi connectivity index (χ4n) is 2.52. The van der Waals surface area contributed by atoms with Crippen molar-refractivity contribution in [1.29, 1.82) is 0 Å². The second-order valence-electron chi connectivity index (χ2n) is 5.55. The van der Waals surface area contributed by atoms with Crippen molar-refractivity contribution in [2.75, 3.05) is 19.7 Å². The second-order valence-corrected chi connectivity index (χ2v) is 6.99. The summed E-state index contributed by atoms with van der Waals surface area (Å²) in [7, 11) is 0. The molecule has 25 heavy (non-hydrogen) atoms. The van der Waals surface area contributed by atoms with Gasteiger partial charge < -0.3 is 9.64 Å². The lowest BCUT2D eigenvalue weighted by Gasteiger charge is -2.15. The third-order valence-corrected chi connectivity index (χ3v) is 5.36. The van der Waals surface area contributed by atoms with E-state index in [1.165, 1.54) is 11.8 Å². The van der Waals surface area contributed by atoms with Gasteiger partial charge in [0.1, 0.15) is 5.03 Å². The van der Waals surface area contributed by atoms with Crippen molar-refractivity contribution in [2.24, 2.45) is 0 Å². The molecule has 1 aliphatic heterocycles. The molecule has 2 heterocycles. The number of nitrogens with zero attached hydrogens (tertiary/aromatic N) is 2. The van der Waals surface area contributed by atoms with Gasteiger partial charge in [-0.15, -0.1) is 0 Å². The van der Waals surface area contributed by atoms with E-state index in [1.54, 1.807) is 29.3 Å². The second kappa shape index (κ2) is 8.36. The van der Waals surface area contributed by atoms with Gasteiger partial charge in [0.2, 0.25) is 0 Å². The maximum atomic E-state index is 12.4. The third-order valence-electron chi connectivity index (χ3n) is 3.82. The number of amides is 1. The van der Waals surface area contributed by atoms with Gasteiger partial charge in [-0.3, -0.25) is 4.79 Å². The summed E-state index contributed by atoms with van der Waals surface area (Å²) in [5.41, 5.74) is 0.321. The summed E-state index contributed by atoms with van der Waals surface area (Å²) in [6, 6.07) is 10.6. The van der Waals surface area contributed by atoms with E-state index in [1.807, 2.05) is 18.2 Å². The Hall–Kier alpha value is -2.05. The van der Waals surface area contributed by atoms with Gasteiger partial charge >= 0.3 is 5.97 Å². The number of hydrogen-bond donors (Lipinski definition) is 0. The average molecular weight is 377 g/mol. The van der Waals surface area contributed by atoms with Crippen LogP contribution in [0.4, 0.5) is 0 Å². The Labute approximate surface area is 155 Å². The van der Waals surface area contributed by atoms with Crippen LogP contribution in [0, 0.1) is 0 Å². The number of esters is 1. The Balaban J connectivity index is 1.68. The topological polar surface area (TPSA) is 59.5 Å². The van der Waals surface area contributed by atoms with E-state index in [-0.39, 0.29) is 12.5 Å². The Bertz CT molecular complexity index is 778. The predicted molar refractivity (Wildman–Crippen MR) is 95.9 cm³/mol. The molecular weight excluding hydrogens is 360 g/mol. The molecule has 1 saturated heterocycles. The number of ether oxygens (including phenoxy) is 1. The van der Waals surface area contributed by atoms with Gasteiger partial charge in [0.15, 0.2) is 6.61 Å². The highest BCUT2D eigenvalue weighted by atomic mass is 35.5. The maximum Gasteiger partial charge on any atom is 0.341 e. The number of likely N-dealkylation sites (tertiary alicyclic amines) is 1. The summed E-state index contributed by atoms with van der Waals surface area (Å²) in [5.74, 6) is -0.717. The molecule has 1 aromatic carbocycles. The zero-order chi connectivity index (χ0) is 17.6. The molecule has 0 spiro atoms. The van der Waals surface area contributed by atoms with Crippen molar-refractivity contribution < 1.29 is 14.3 Å². The Kier molecular flexibility index (Phi) is 5.94. The van der Waals surface area contributed by atoms with Gasteiger partial charge in [0.25, 0.3) is 5.91 Å². The first kappa shape index (κ1) is 17.8. The number of rotatable bonds is 5. The monoisotopic (exact) mass is 376 g/mol. The molecule has 130 valence electrons. The molecule has 3 rings (SSSR count). The average Bonchev–Trinajstić information content (AvgIpc) is 3.16. The number of halogens is 1. The van der Waals surface area contributed by atoms with Crippen LogP contribution in [0.5, 0.6) is 0 Å². The third kappa shape index (κ3) is 4.52. The highest BCUT2D eigenvalue weighted by Crippen LogP contribution is 2.33. The lowest BCUT2D eigenvalue weighted by molar-refractivity contribution is -0.133. The predicted octanol–water partition coefficient (Wildman–Crippen LogP) is 3.67. The molecule has 2 aromatic rings. The summed E-state index contributed by atoms with van der Waals surface area (Å²) in [5, 5.41) is 1.08. The molecule has 0 aliphatic carbocycles. The van der Waals surface area contributed by atoms with E-state index < -0.39 is 5.97 Å². The summed E-state index contributed by atoms with van der Waals surface area (Å²) in [6.45, 7) is 1.22.